The maximum Gasteiger partial charge on any atom is 0.187 e. The predicted octanol–water partition coefficient (Wildman–Crippen LogP) is -0.842. The summed E-state index contributed by atoms with van der Waals surface area (Å²) < 4.78 is 22.0. The lowest BCUT2D eigenvalue weighted by molar-refractivity contribution is -0.359. The minimum Gasteiger partial charge on any atom is -0.394 e. The molecule has 2 fully saturated rings. The standard InChI is InChI=1S/C23H44O11/c1-2-3-4-5-6-7-8-9-10-11-31-22-20(30)18(28)21(15(13-25)33-22)34-23-19(29)17(27)16(26)14(12-24)32-23/h14-30H,2-13H2,1H3/t14-,15-,16-,17+,18-,19-,20-,21-,22-,23?/m1/s1. The van der Waals surface area contributed by atoms with E-state index in [-0.39, 0.29) is 0 Å². The van der Waals surface area contributed by atoms with E-state index in [1.165, 1.54) is 38.5 Å². The second-order valence-corrected chi connectivity index (χ2v) is 9.20. The second kappa shape index (κ2) is 15.6. The van der Waals surface area contributed by atoms with Gasteiger partial charge in [-0.2, -0.15) is 0 Å². The van der Waals surface area contributed by atoms with Crippen LogP contribution in [-0.2, 0) is 18.9 Å². The lowest BCUT2D eigenvalue weighted by Crippen LogP contribution is -2.64. The zero-order valence-corrected chi connectivity index (χ0v) is 20.0. The smallest absolute Gasteiger partial charge is 0.187 e. The monoisotopic (exact) mass is 496 g/mol. The van der Waals surface area contributed by atoms with Crippen molar-refractivity contribution < 1.29 is 54.7 Å². The summed E-state index contributed by atoms with van der Waals surface area (Å²) in [5.74, 6) is 0. The highest BCUT2D eigenvalue weighted by molar-refractivity contribution is 4.94. The van der Waals surface area contributed by atoms with Crippen LogP contribution in [0.1, 0.15) is 64.7 Å². The number of ether oxygens (including phenoxy) is 4. The average molecular weight is 497 g/mol. The van der Waals surface area contributed by atoms with Crippen LogP contribution in [0, 0.1) is 0 Å². The molecule has 7 N–H and O–H groups in total. The third kappa shape index (κ3) is 8.31. The van der Waals surface area contributed by atoms with E-state index in [0.29, 0.717) is 6.61 Å². The van der Waals surface area contributed by atoms with Gasteiger partial charge in [0.25, 0.3) is 0 Å². The van der Waals surface area contributed by atoms with Crippen molar-refractivity contribution in [3.63, 3.8) is 0 Å². The van der Waals surface area contributed by atoms with Crippen LogP contribution in [0.25, 0.3) is 0 Å². The van der Waals surface area contributed by atoms with Gasteiger partial charge in [-0.3, -0.25) is 0 Å². The van der Waals surface area contributed by atoms with Gasteiger partial charge in [0.15, 0.2) is 12.6 Å². The molecule has 0 aromatic carbocycles. The van der Waals surface area contributed by atoms with E-state index in [2.05, 4.69) is 6.92 Å². The van der Waals surface area contributed by atoms with Crippen LogP contribution in [0.3, 0.4) is 0 Å². The highest BCUT2D eigenvalue weighted by Crippen LogP contribution is 2.29. The summed E-state index contributed by atoms with van der Waals surface area (Å²) >= 11 is 0. The number of rotatable bonds is 15. The van der Waals surface area contributed by atoms with Crippen molar-refractivity contribution >= 4 is 0 Å². The molecule has 0 aromatic rings. The van der Waals surface area contributed by atoms with E-state index in [1.54, 1.807) is 0 Å². The molecular formula is C23H44O11. The van der Waals surface area contributed by atoms with Gasteiger partial charge in [0.1, 0.15) is 48.8 Å². The van der Waals surface area contributed by atoms with Gasteiger partial charge < -0.3 is 54.7 Å². The first-order chi connectivity index (χ1) is 16.3. The summed E-state index contributed by atoms with van der Waals surface area (Å²) in [4.78, 5) is 0. The molecule has 2 aliphatic rings. The third-order valence-corrected chi connectivity index (χ3v) is 6.49. The molecule has 202 valence electrons. The largest absolute Gasteiger partial charge is 0.394 e. The van der Waals surface area contributed by atoms with E-state index < -0.39 is 74.6 Å². The number of aliphatic hydroxyl groups excluding tert-OH is 7. The van der Waals surface area contributed by atoms with E-state index in [9.17, 15) is 35.7 Å². The fraction of sp³-hybridized carbons (Fsp3) is 1.00. The van der Waals surface area contributed by atoms with Crippen molar-refractivity contribution in [1.82, 2.24) is 0 Å². The van der Waals surface area contributed by atoms with Crippen LogP contribution in [0.5, 0.6) is 0 Å². The van der Waals surface area contributed by atoms with E-state index in [1.807, 2.05) is 0 Å². The molecule has 2 saturated heterocycles. The molecule has 10 atom stereocenters. The topological polar surface area (TPSA) is 179 Å². The summed E-state index contributed by atoms with van der Waals surface area (Å²) in [7, 11) is 0. The van der Waals surface area contributed by atoms with Crippen LogP contribution in [0.2, 0.25) is 0 Å². The molecular weight excluding hydrogens is 452 g/mol. The maximum absolute atomic E-state index is 10.6. The molecule has 11 heteroatoms. The van der Waals surface area contributed by atoms with Gasteiger partial charge in [-0.05, 0) is 6.42 Å². The number of hydrogen-bond acceptors (Lipinski definition) is 11. The third-order valence-electron chi connectivity index (χ3n) is 6.49. The molecule has 11 nitrogen and oxygen atoms in total. The Morgan fingerprint density at radius 2 is 1.12 bits per heavy atom. The lowest BCUT2D eigenvalue weighted by atomic mass is 9.97. The molecule has 0 radical (unpaired) electrons. The fourth-order valence-electron chi connectivity index (χ4n) is 4.31. The SMILES string of the molecule is CCCCCCCCCCCO[C@@H]1O[C@H](CO)[C@@H](OC2O[C@H](CO)[C@@H](O)[C@H](O)[C@H]2O)[C@H](O)[C@H]1O. The Labute approximate surface area is 201 Å². The first kappa shape index (κ1) is 29.8. The summed E-state index contributed by atoms with van der Waals surface area (Å²) in [5, 5.41) is 70.0. The van der Waals surface area contributed by atoms with Crippen LogP contribution in [0.15, 0.2) is 0 Å². The average Bonchev–Trinajstić information content (AvgIpc) is 2.84. The quantitative estimate of drug-likeness (QED) is 0.141. The Balaban J connectivity index is 1.78. The summed E-state index contributed by atoms with van der Waals surface area (Å²) in [6.45, 7) is 1.29. The first-order valence-electron chi connectivity index (χ1n) is 12.6. The zero-order chi connectivity index (χ0) is 25.1. The van der Waals surface area contributed by atoms with Gasteiger partial charge in [-0.15, -0.1) is 0 Å². The Morgan fingerprint density at radius 1 is 0.588 bits per heavy atom. The van der Waals surface area contributed by atoms with Gasteiger partial charge in [-0.1, -0.05) is 58.3 Å². The molecule has 0 bridgehead atoms. The Hall–Kier alpha value is -0.440. The Bertz CT molecular complexity index is 535. The molecule has 2 heterocycles. The molecule has 2 aliphatic heterocycles. The van der Waals surface area contributed by atoms with Gasteiger partial charge in [-0.25, -0.2) is 0 Å². The van der Waals surface area contributed by atoms with Gasteiger partial charge >= 0.3 is 0 Å². The van der Waals surface area contributed by atoms with Crippen molar-refractivity contribution in [2.24, 2.45) is 0 Å². The van der Waals surface area contributed by atoms with Crippen LogP contribution < -0.4 is 0 Å². The number of aliphatic hydroxyl groups is 7. The van der Waals surface area contributed by atoms with Crippen LogP contribution in [-0.4, -0.2) is 117 Å². The molecule has 0 amide bonds. The van der Waals surface area contributed by atoms with E-state index >= 15 is 0 Å². The molecule has 34 heavy (non-hydrogen) atoms. The molecule has 0 spiro atoms. The summed E-state index contributed by atoms with van der Waals surface area (Å²) in [6.07, 6.45) is -3.99. The zero-order valence-electron chi connectivity index (χ0n) is 20.0. The highest BCUT2D eigenvalue weighted by Gasteiger charge is 2.50. The summed E-state index contributed by atoms with van der Waals surface area (Å²) in [6, 6.07) is 0. The van der Waals surface area contributed by atoms with Crippen molar-refractivity contribution in [3.8, 4) is 0 Å². The number of unbranched alkanes of at least 4 members (excludes halogenated alkanes) is 8. The molecule has 0 aliphatic carbocycles. The second-order valence-electron chi connectivity index (χ2n) is 9.20. The first-order valence-corrected chi connectivity index (χ1v) is 12.6. The van der Waals surface area contributed by atoms with Gasteiger partial charge in [0.2, 0.25) is 0 Å². The molecule has 0 aromatic heterocycles. The number of hydrogen-bond donors (Lipinski definition) is 7. The molecule has 1 unspecified atom stereocenters. The van der Waals surface area contributed by atoms with Crippen LogP contribution >= 0.6 is 0 Å². The lowest BCUT2D eigenvalue weighted by Gasteiger charge is -2.45. The van der Waals surface area contributed by atoms with E-state index in [0.717, 1.165) is 19.3 Å². The minimum absolute atomic E-state index is 0.320. The minimum atomic E-state index is -1.69. The highest BCUT2D eigenvalue weighted by atomic mass is 16.7. The van der Waals surface area contributed by atoms with Crippen molar-refractivity contribution in [3.05, 3.63) is 0 Å². The maximum atomic E-state index is 10.6. The fourth-order valence-corrected chi connectivity index (χ4v) is 4.31. The predicted molar refractivity (Wildman–Crippen MR) is 120 cm³/mol. The van der Waals surface area contributed by atoms with Crippen molar-refractivity contribution in [1.29, 1.82) is 0 Å². The summed E-state index contributed by atoms with van der Waals surface area (Å²) in [5.41, 5.74) is 0. The molecule has 0 saturated carbocycles. The van der Waals surface area contributed by atoms with Crippen molar-refractivity contribution in [2.75, 3.05) is 19.8 Å². The van der Waals surface area contributed by atoms with Crippen molar-refractivity contribution in [2.45, 2.75) is 126 Å². The van der Waals surface area contributed by atoms with E-state index in [4.69, 9.17) is 18.9 Å². The Kier molecular flexibility index (Phi) is 13.7. The van der Waals surface area contributed by atoms with Gasteiger partial charge in [0, 0.05) is 6.61 Å². The van der Waals surface area contributed by atoms with Crippen LogP contribution in [0.4, 0.5) is 0 Å². The normalized spacial score (nSPS) is 38.8. The van der Waals surface area contributed by atoms with Gasteiger partial charge in [0.05, 0.1) is 13.2 Å². The molecule has 2 rings (SSSR count). The Morgan fingerprint density at radius 3 is 1.71 bits per heavy atom.